The van der Waals surface area contributed by atoms with Gasteiger partial charge in [-0.25, -0.2) is 4.98 Å². The number of aromatic nitrogens is 1. The van der Waals surface area contributed by atoms with E-state index >= 15 is 0 Å². The summed E-state index contributed by atoms with van der Waals surface area (Å²) in [4.78, 5) is 8.71. The van der Waals surface area contributed by atoms with Gasteiger partial charge in [-0.15, -0.1) is 11.3 Å². The predicted octanol–water partition coefficient (Wildman–Crippen LogP) is 11.6. The summed E-state index contributed by atoms with van der Waals surface area (Å²) in [7, 11) is 0. The topological polar surface area (TPSA) is 42.2 Å². The molecule has 3 fully saturated rings. The van der Waals surface area contributed by atoms with Crippen LogP contribution in [0.1, 0.15) is 118 Å². The first-order valence-corrected chi connectivity index (χ1v) is 20.1. The maximum atomic E-state index is 5.27. The van der Waals surface area contributed by atoms with Crippen LogP contribution in [0.25, 0.3) is 10.4 Å². The molecular formula is C41H57N3S2. The van der Waals surface area contributed by atoms with Crippen LogP contribution in [0.15, 0.2) is 73.2 Å². The van der Waals surface area contributed by atoms with E-state index in [9.17, 15) is 0 Å². The number of hydrogen-bond donors (Lipinski definition) is 1. The molecular weight excluding hydrogens is 599 g/mol. The molecule has 0 unspecified atom stereocenters. The lowest BCUT2D eigenvalue weighted by Crippen LogP contribution is -2.33. The van der Waals surface area contributed by atoms with Gasteiger partial charge in [0.25, 0.3) is 0 Å². The highest BCUT2D eigenvalue weighted by molar-refractivity contribution is 7.98. The Kier molecular flexibility index (Phi) is 12.9. The monoisotopic (exact) mass is 655 g/mol. The average molecular weight is 656 g/mol. The summed E-state index contributed by atoms with van der Waals surface area (Å²) in [5.41, 5.74) is 14.6. The van der Waals surface area contributed by atoms with Crippen LogP contribution in [0.5, 0.6) is 0 Å². The third kappa shape index (κ3) is 9.53. The molecule has 0 spiro atoms. The van der Waals surface area contributed by atoms with Crippen LogP contribution >= 0.6 is 23.1 Å². The van der Waals surface area contributed by atoms with Crippen molar-refractivity contribution in [1.82, 2.24) is 4.98 Å². The molecule has 248 valence electrons. The fourth-order valence-corrected chi connectivity index (χ4v) is 8.90. The Balaban J connectivity index is 0.000000537. The minimum absolute atomic E-state index is 0.628. The number of thioether (sulfide) groups is 1. The van der Waals surface area contributed by atoms with Crippen molar-refractivity contribution in [2.45, 2.75) is 109 Å². The number of hydrogen-bond acceptors (Lipinski definition) is 5. The fraction of sp³-hybridized carbons (Fsp3) is 0.537. The molecule has 0 bridgehead atoms. The minimum atomic E-state index is 0.628. The molecule has 3 aromatic rings. The molecule has 5 heteroatoms. The molecule has 6 rings (SSSR count). The van der Waals surface area contributed by atoms with Crippen molar-refractivity contribution < 1.29 is 0 Å². The molecule has 0 saturated heterocycles. The second-order valence-electron chi connectivity index (χ2n) is 14.0. The summed E-state index contributed by atoms with van der Waals surface area (Å²) >= 11 is 3.69. The van der Waals surface area contributed by atoms with Gasteiger partial charge in [0, 0.05) is 35.7 Å². The zero-order valence-electron chi connectivity index (χ0n) is 28.7. The molecule has 0 amide bonds. The number of nitrogens with two attached hydrogens (primary N) is 1. The molecule has 3 aliphatic carbocycles. The van der Waals surface area contributed by atoms with Gasteiger partial charge in [-0.3, -0.25) is 0 Å². The van der Waals surface area contributed by atoms with E-state index in [-0.39, 0.29) is 0 Å². The molecule has 2 N–H and O–H groups in total. The second kappa shape index (κ2) is 17.1. The van der Waals surface area contributed by atoms with Gasteiger partial charge in [-0.1, -0.05) is 69.7 Å². The molecule has 0 radical (unpaired) electrons. The van der Waals surface area contributed by atoms with Crippen molar-refractivity contribution in [3.63, 3.8) is 0 Å². The van der Waals surface area contributed by atoms with Gasteiger partial charge in [-0.05, 0) is 135 Å². The molecule has 0 aliphatic heterocycles. The van der Waals surface area contributed by atoms with Gasteiger partial charge in [0.05, 0.1) is 9.88 Å². The van der Waals surface area contributed by atoms with Crippen molar-refractivity contribution in [3.8, 4) is 10.4 Å². The first kappa shape index (κ1) is 34.8. The molecule has 1 aromatic heterocycles. The van der Waals surface area contributed by atoms with Crippen LogP contribution < -0.4 is 10.6 Å². The number of rotatable bonds is 12. The lowest BCUT2D eigenvalue weighted by atomic mass is 9.77. The van der Waals surface area contributed by atoms with Crippen LogP contribution in [0.4, 0.5) is 5.69 Å². The summed E-state index contributed by atoms with van der Waals surface area (Å²) in [6.07, 6.45) is 20.8. The largest absolute Gasteiger partial charge is 0.402 e. The van der Waals surface area contributed by atoms with Crippen LogP contribution in [-0.4, -0.2) is 23.5 Å². The zero-order valence-corrected chi connectivity index (χ0v) is 30.4. The number of aryl methyl sites for hydroxylation is 2. The summed E-state index contributed by atoms with van der Waals surface area (Å²) in [6, 6.07) is 16.5. The maximum absolute atomic E-state index is 5.27. The third-order valence-electron chi connectivity index (χ3n) is 10.4. The van der Waals surface area contributed by atoms with Gasteiger partial charge in [0.15, 0.2) is 0 Å². The number of anilines is 1. The zero-order chi connectivity index (χ0) is 32.5. The van der Waals surface area contributed by atoms with E-state index in [1.807, 2.05) is 11.3 Å². The quantitative estimate of drug-likeness (QED) is 0.211. The molecule has 3 aliphatic rings. The number of thiazole rings is 1. The van der Waals surface area contributed by atoms with E-state index in [1.54, 1.807) is 17.3 Å². The first-order valence-electron chi connectivity index (χ1n) is 17.9. The summed E-state index contributed by atoms with van der Waals surface area (Å²) in [5.74, 6) is 3.89. The first-order chi connectivity index (χ1) is 22.4. The summed E-state index contributed by atoms with van der Waals surface area (Å²) in [5, 5.41) is 1.33. The summed E-state index contributed by atoms with van der Waals surface area (Å²) in [6.45, 7) is 14.0. The average Bonchev–Trinajstić information content (AvgIpc) is 3.82. The van der Waals surface area contributed by atoms with E-state index < -0.39 is 0 Å². The molecule has 46 heavy (non-hydrogen) atoms. The van der Waals surface area contributed by atoms with E-state index in [2.05, 4.69) is 80.2 Å². The van der Waals surface area contributed by atoms with Crippen LogP contribution in [0.3, 0.4) is 0 Å². The third-order valence-corrected chi connectivity index (χ3v) is 12.3. The van der Waals surface area contributed by atoms with E-state index in [0.29, 0.717) is 5.92 Å². The molecule has 2 aromatic carbocycles. The number of nitrogens with zero attached hydrogens (tertiary/aromatic N) is 2. The molecule has 3 nitrogen and oxygen atoms in total. The Bertz CT molecular complexity index is 1420. The standard InChI is InChI=1S/C36H46N2S.C5H11NS/c1-4-28-17-20-32(21-25(28)2)30-15-13-27(14-16-30)24-38(26(3)29-9-6-5-7-10-29)34-12-8-11-33(22-34)35-23-37-36(39-35)31-18-19-31;1-5(6)3-4-7-2/h8,11-12,17,20-23,27,29-31H,3-7,9-10,13-16,18-19,24H2,1-2H3;1,3-4,6H2,2H3. The van der Waals surface area contributed by atoms with Gasteiger partial charge in [-0.2, -0.15) is 11.8 Å². The van der Waals surface area contributed by atoms with Crippen LogP contribution in [0.2, 0.25) is 0 Å². The van der Waals surface area contributed by atoms with Gasteiger partial charge in [0.2, 0.25) is 0 Å². The normalized spacial score (nSPS) is 20.1. The van der Waals surface area contributed by atoms with Crippen molar-refractivity contribution in [3.05, 3.63) is 94.9 Å². The summed E-state index contributed by atoms with van der Waals surface area (Å²) < 4.78 is 0. The smallest absolute Gasteiger partial charge is 0.0962 e. The lowest BCUT2D eigenvalue weighted by molar-refractivity contribution is 0.323. The molecule has 1 heterocycles. The van der Waals surface area contributed by atoms with E-state index in [4.69, 9.17) is 17.3 Å². The number of benzene rings is 2. The highest BCUT2D eigenvalue weighted by Crippen LogP contribution is 2.44. The predicted molar refractivity (Wildman–Crippen MR) is 204 cm³/mol. The van der Waals surface area contributed by atoms with Crippen molar-refractivity contribution in [2.24, 2.45) is 17.6 Å². The van der Waals surface area contributed by atoms with Gasteiger partial charge >= 0.3 is 0 Å². The van der Waals surface area contributed by atoms with Crippen molar-refractivity contribution in [2.75, 3.05) is 23.5 Å². The number of allylic oxidation sites excluding steroid dienone is 2. The van der Waals surface area contributed by atoms with Crippen LogP contribution in [0, 0.1) is 18.8 Å². The Hall–Kier alpha value is -2.50. The molecule has 3 saturated carbocycles. The molecule has 0 atom stereocenters. The Labute approximate surface area is 288 Å². The minimum Gasteiger partial charge on any atom is -0.402 e. The SMILES string of the molecule is C=C(C1CCCCC1)N(CC1CCC(c2ccc(CC)c(C)c2)CC1)c1cccc(-c2cnc(C3CC3)s2)c1.C=C(N)CCSC. The Morgan fingerprint density at radius 2 is 1.70 bits per heavy atom. The highest BCUT2D eigenvalue weighted by atomic mass is 32.2. The van der Waals surface area contributed by atoms with Crippen molar-refractivity contribution in [1.29, 1.82) is 0 Å². The van der Waals surface area contributed by atoms with Gasteiger partial charge < -0.3 is 10.6 Å². The Morgan fingerprint density at radius 1 is 0.957 bits per heavy atom. The van der Waals surface area contributed by atoms with E-state index in [0.717, 1.165) is 48.6 Å². The van der Waals surface area contributed by atoms with Crippen molar-refractivity contribution >= 4 is 28.8 Å². The van der Waals surface area contributed by atoms with E-state index in [1.165, 1.54) is 109 Å². The lowest BCUT2D eigenvalue weighted by Gasteiger charge is -2.38. The van der Waals surface area contributed by atoms with Crippen LogP contribution in [-0.2, 0) is 6.42 Å². The second-order valence-corrected chi connectivity index (χ2v) is 16.0. The fourth-order valence-electron chi connectivity index (χ4n) is 7.35. The highest BCUT2D eigenvalue weighted by Gasteiger charge is 2.29. The van der Waals surface area contributed by atoms with Gasteiger partial charge in [0.1, 0.15) is 0 Å². The maximum Gasteiger partial charge on any atom is 0.0962 e. The Morgan fingerprint density at radius 3 is 2.33 bits per heavy atom.